The Balaban J connectivity index is 2.91. The molecule has 0 aliphatic heterocycles. The second-order valence-electron chi connectivity index (χ2n) is 3.10. The standard InChI is InChI=1S/C9H12ClN3O4/c1-2-17-9(16)7(15)6(14)5-8(11)12-3-4(10)13-5/h3,6-7,14-15H,2H2,1H3,(H2,11,12). The highest BCUT2D eigenvalue weighted by molar-refractivity contribution is 6.29. The molecule has 17 heavy (non-hydrogen) atoms. The van der Waals surface area contributed by atoms with E-state index in [4.69, 9.17) is 17.3 Å². The molecule has 0 aliphatic rings. The van der Waals surface area contributed by atoms with Gasteiger partial charge in [-0.3, -0.25) is 0 Å². The Morgan fingerprint density at radius 1 is 1.65 bits per heavy atom. The molecular weight excluding hydrogens is 250 g/mol. The number of anilines is 1. The summed E-state index contributed by atoms with van der Waals surface area (Å²) < 4.78 is 4.55. The molecule has 2 atom stereocenters. The Hall–Kier alpha value is -1.44. The average Bonchev–Trinajstić information content (AvgIpc) is 2.30. The third-order valence-corrected chi connectivity index (χ3v) is 2.09. The van der Waals surface area contributed by atoms with Gasteiger partial charge in [-0.05, 0) is 6.92 Å². The molecule has 0 spiro atoms. The third-order valence-electron chi connectivity index (χ3n) is 1.91. The van der Waals surface area contributed by atoms with Gasteiger partial charge in [0, 0.05) is 0 Å². The van der Waals surface area contributed by atoms with E-state index in [1.807, 2.05) is 0 Å². The third kappa shape index (κ3) is 3.26. The number of nitrogens with two attached hydrogens (primary N) is 1. The Bertz CT molecular complexity index is 415. The zero-order valence-electron chi connectivity index (χ0n) is 9.00. The van der Waals surface area contributed by atoms with E-state index >= 15 is 0 Å². The van der Waals surface area contributed by atoms with E-state index in [0.717, 1.165) is 0 Å². The molecule has 2 unspecified atom stereocenters. The van der Waals surface area contributed by atoms with Gasteiger partial charge in [-0.15, -0.1) is 0 Å². The smallest absolute Gasteiger partial charge is 0.338 e. The molecule has 0 fully saturated rings. The molecule has 0 aliphatic carbocycles. The molecule has 0 bridgehead atoms. The van der Waals surface area contributed by atoms with E-state index in [2.05, 4.69) is 14.7 Å². The van der Waals surface area contributed by atoms with Crippen LogP contribution in [0.25, 0.3) is 0 Å². The number of hydrogen-bond acceptors (Lipinski definition) is 7. The molecule has 1 aromatic rings. The van der Waals surface area contributed by atoms with Crippen molar-refractivity contribution in [1.29, 1.82) is 0 Å². The van der Waals surface area contributed by atoms with Crippen molar-refractivity contribution in [1.82, 2.24) is 9.97 Å². The molecule has 0 saturated heterocycles. The molecule has 0 radical (unpaired) electrons. The van der Waals surface area contributed by atoms with Gasteiger partial charge in [-0.2, -0.15) is 0 Å². The summed E-state index contributed by atoms with van der Waals surface area (Å²) in [6, 6.07) is 0. The molecular formula is C9H12ClN3O4. The normalized spacial score (nSPS) is 14.1. The fourth-order valence-corrected chi connectivity index (χ4v) is 1.25. The van der Waals surface area contributed by atoms with E-state index in [9.17, 15) is 15.0 Å². The summed E-state index contributed by atoms with van der Waals surface area (Å²) in [4.78, 5) is 18.5. The van der Waals surface area contributed by atoms with Gasteiger partial charge in [-0.25, -0.2) is 14.8 Å². The quantitative estimate of drug-likeness (QED) is 0.635. The number of aliphatic hydroxyl groups is 2. The average molecular weight is 262 g/mol. The van der Waals surface area contributed by atoms with Crippen LogP contribution >= 0.6 is 11.6 Å². The molecule has 7 nitrogen and oxygen atoms in total. The van der Waals surface area contributed by atoms with E-state index < -0.39 is 18.2 Å². The summed E-state index contributed by atoms with van der Waals surface area (Å²) in [6.07, 6.45) is -2.24. The first-order valence-corrected chi connectivity index (χ1v) is 5.15. The van der Waals surface area contributed by atoms with Crippen LogP contribution in [0.15, 0.2) is 6.20 Å². The monoisotopic (exact) mass is 261 g/mol. The van der Waals surface area contributed by atoms with Crippen LogP contribution in [0.2, 0.25) is 5.15 Å². The fourth-order valence-electron chi connectivity index (χ4n) is 1.11. The maximum atomic E-state index is 11.2. The molecule has 0 amide bonds. The number of aromatic nitrogens is 2. The Morgan fingerprint density at radius 2 is 2.29 bits per heavy atom. The summed E-state index contributed by atoms with van der Waals surface area (Å²) >= 11 is 5.57. The Kier molecular flexibility index (Phi) is 4.62. The van der Waals surface area contributed by atoms with Crippen LogP contribution in [0.4, 0.5) is 5.82 Å². The largest absolute Gasteiger partial charge is 0.464 e. The first-order chi connectivity index (χ1) is 7.97. The van der Waals surface area contributed by atoms with Crippen LogP contribution in [-0.2, 0) is 9.53 Å². The van der Waals surface area contributed by atoms with Crippen LogP contribution in [-0.4, -0.2) is 38.9 Å². The molecule has 4 N–H and O–H groups in total. The van der Waals surface area contributed by atoms with Crippen LogP contribution in [0.5, 0.6) is 0 Å². The second kappa shape index (κ2) is 5.76. The zero-order chi connectivity index (χ0) is 13.0. The highest BCUT2D eigenvalue weighted by Gasteiger charge is 2.30. The van der Waals surface area contributed by atoms with Crippen molar-refractivity contribution < 1.29 is 19.7 Å². The maximum absolute atomic E-state index is 11.2. The number of nitrogen functional groups attached to an aromatic ring is 1. The van der Waals surface area contributed by atoms with Crippen LogP contribution in [0.3, 0.4) is 0 Å². The summed E-state index contributed by atoms with van der Waals surface area (Å²) in [5.41, 5.74) is 5.28. The number of nitrogens with zero attached hydrogens (tertiary/aromatic N) is 2. The van der Waals surface area contributed by atoms with Gasteiger partial charge in [-0.1, -0.05) is 11.6 Å². The number of hydrogen-bond donors (Lipinski definition) is 3. The summed E-state index contributed by atoms with van der Waals surface area (Å²) in [5, 5.41) is 19.2. The first kappa shape index (κ1) is 13.6. The minimum atomic E-state index is -1.79. The fraction of sp³-hybridized carbons (Fsp3) is 0.444. The van der Waals surface area contributed by atoms with E-state index in [0.29, 0.717) is 0 Å². The van der Waals surface area contributed by atoms with Gasteiger partial charge in [0.2, 0.25) is 0 Å². The predicted molar refractivity (Wildman–Crippen MR) is 59.1 cm³/mol. The number of carbonyl (C=O) groups is 1. The Morgan fingerprint density at radius 3 is 2.88 bits per heavy atom. The first-order valence-electron chi connectivity index (χ1n) is 4.78. The summed E-state index contributed by atoms with van der Waals surface area (Å²) in [6.45, 7) is 1.66. The molecule has 1 heterocycles. The topological polar surface area (TPSA) is 119 Å². The highest BCUT2D eigenvalue weighted by atomic mass is 35.5. The summed E-state index contributed by atoms with van der Waals surface area (Å²) in [5.74, 6) is -1.09. The number of halogens is 1. The minimum absolute atomic E-state index is 0.00990. The molecule has 1 rings (SSSR count). The highest BCUT2D eigenvalue weighted by Crippen LogP contribution is 2.21. The lowest BCUT2D eigenvalue weighted by molar-refractivity contribution is -0.159. The zero-order valence-corrected chi connectivity index (χ0v) is 9.76. The van der Waals surface area contributed by atoms with Crippen molar-refractivity contribution in [3.8, 4) is 0 Å². The van der Waals surface area contributed by atoms with Gasteiger partial charge < -0.3 is 20.7 Å². The lowest BCUT2D eigenvalue weighted by Gasteiger charge is -2.16. The van der Waals surface area contributed by atoms with E-state index in [1.54, 1.807) is 6.92 Å². The number of rotatable bonds is 4. The SMILES string of the molecule is CCOC(=O)C(O)C(O)c1nc(Cl)cnc1N. The van der Waals surface area contributed by atoms with E-state index in [1.165, 1.54) is 6.20 Å². The van der Waals surface area contributed by atoms with Crippen molar-refractivity contribution in [2.45, 2.75) is 19.1 Å². The van der Waals surface area contributed by atoms with E-state index in [-0.39, 0.29) is 23.3 Å². The van der Waals surface area contributed by atoms with Gasteiger partial charge in [0.15, 0.2) is 6.10 Å². The van der Waals surface area contributed by atoms with Crippen molar-refractivity contribution in [2.75, 3.05) is 12.3 Å². The number of aliphatic hydroxyl groups excluding tert-OH is 2. The van der Waals surface area contributed by atoms with Crippen molar-refractivity contribution in [3.63, 3.8) is 0 Å². The Labute approximate surface area is 102 Å². The lowest BCUT2D eigenvalue weighted by Crippen LogP contribution is -2.31. The number of esters is 1. The van der Waals surface area contributed by atoms with Crippen molar-refractivity contribution in [2.24, 2.45) is 0 Å². The molecule has 1 aromatic heterocycles. The van der Waals surface area contributed by atoms with Crippen molar-refractivity contribution >= 4 is 23.4 Å². The van der Waals surface area contributed by atoms with Gasteiger partial charge in [0.25, 0.3) is 0 Å². The van der Waals surface area contributed by atoms with Crippen molar-refractivity contribution in [3.05, 3.63) is 17.0 Å². The van der Waals surface area contributed by atoms with Gasteiger partial charge in [0.05, 0.1) is 12.8 Å². The number of ether oxygens (including phenoxy) is 1. The molecule has 94 valence electrons. The van der Waals surface area contributed by atoms with Gasteiger partial charge in [0.1, 0.15) is 22.8 Å². The number of carbonyl (C=O) groups excluding carboxylic acids is 1. The molecule has 8 heteroatoms. The maximum Gasteiger partial charge on any atom is 0.338 e. The van der Waals surface area contributed by atoms with Gasteiger partial charge >= 0.3 is 5.97 Å². The van der Waals surface area contributed by atoms with Crippen LogP contribution in [0, 0.1) is 0 Å². The van der Waals surface area contributed by atoms with Crippen LogP contribution < -0.4 is 5.73 Å². The van der Waals surface area contributed by atoms with Crippen LogP contribution in [0.1, 0.15) is 18.7 Å². The lowest BCUT2D eigenvalue weighted by atomic mass is 10.1. The molecule has 0 aromatic carbocycles. The predicted octanol–water partition coefficient (Wildman–Crippen LogP) is -0.330. The minimum Gasteiger partial charge on any atom is -0.464 e. The summed E-state index contributed by atoms with van der Waals surface area (Å²) in [7, 11) is 0. The molecule has 0 saturated carbocycles. The second-order valence-corrected chi connectivity index (χ2v) is 3.49.